The van der Waals surface area contributed by atoms with Crippen LogP contribution in [0, 0.1) is 0 Å². The van der Waals surface area contributed by atoms with Crippen LogP contribution >= 0.6 is 0 Å². The Morgan fingerprint density at radius 1 is 1.11 bits per heavy atom. The molecule has 2 aromatic carbocycles. The van der Waals surface area contributed by atoms with Gasteiger partial charge in [0, 0.05) is 23.9 Å². The van der Waals surface area contributed by atoms with Gasteiger partial charge in [0.05, 0.1) is 23.4 Å². The third-order valence-electron chi connectivity index (χ3n) is 4.38. The van der Waals surface area contributed by atoms with Gasteiger partial charge in [0.1, 0.15) is 0 Å². The zero-order valence-corrected chi connectivity index (χ0v) is 14.5. The van der Waals surface area contributed by atoms with Crippen LogP contribution in [0.25, 0.3) is 11.3 Å². The first-order valence-corrected chi connectivity index (χ1v) is 8.55. The summed E-state index contributed by atoms with van der Waals surface area (Å²) in [5.74, 6) is 0.125. The number of nitrogens with zero attached hydrogens (tertiary/aromatic N) is 2. The van der Waals surface area contributed by atoms with Crippen molar-refractivity contribution < 1.29 is 18.0 Å². The molecule has 3 aromatic rings. The number of benzene rings is 2. The summed E-state index contributed by atoms with van der Waals surface area (Å²) < 4.78 is 38.6. The van der Waals surface area contributed by atoms with Crippen LogP contribution in [0.15, 0.2) is 54.7 Å². The summed E-state index contributed by atoms with van der Waals surface area (Å²) in [4.78, 5) is 20.7. The lowest BCUT2D eigenvalue weighted by Gasteiger charge is -2.11. The quantitative estimate of drug-likeness (QED) is 0.708. The zero-order chi connectivity index (χ0) is 19.7. The molecule has 2 N–H and O–H groups in total. The molecule has 1 aliphatic heterocycles. The molecule has 0 fully saturated rings. The lowest BCUT2D eigenvalue weighted by molar-refractivity contribution is -0.137. The van der Waals surface area contributed by atoms with Crippen LogP contribution in [0.4, 0.5) is 24.8 Å². The topological polar surface area (TPSA) is 66.9 Å². The third kappa shape index (κ3) is 3.66. The highest BCUT2D eigenvalue weighted by atomic mass is 19.4. The highest BCUT2D eigenvalue weighted by molar-refractivity contribution is 5.99. The SMILES string of the molecule is O=C1Cc2cnc(NCc3cccc(C(F)(F)F)c3)nc2-c2ccccc2N1. The molecular weight excluding hydrogens is 369 g/mol. The Morgan fingerprint density at radius 3 is 2.75 bits per heavy atom. The first-order chi connectivity index (χ1) is 13.4. The standard InChI is InChI=1S/C20H15F3N4O/c21-20(22,23)14-5-3-4-12(8-14)10-24-19-25-11-13-9-17(28)26-16-7-2-1-6-15(16)18(13)27-19/h1-8,11H,9-10H2,(H,26,28)(H,24,25,27). The van der Waals surface area contributed by atoms with Crippen LogP contribution in [0.3, 0.4) is 0 Å². The number of alkyl halides is 3. The maximum Gasteiger partial charge on any atom is 0.416 e. The van der Waals surface area contributed by atoms with Gasteiger partial charge in [0.2, 0.25) is 11.9 Å². The summed E-state index contributed by atoms with van der Waals surface area (Å²) in [6.45, 7) is 0.140. The van der Waals surface area contributed by atoms with Gasteiger partial charge in [0.15, 0.2) is 0 Å². The van der Waals surface area contributed by atoms with Crippen LogP contribution < -0.4 is 10.6 Å². The Morgan fingerprint density at radius 2 is 1.93 bits per heavy atom. The second-order valence-corrected chi connectivity index (χ2v) is 6.39. The molecule has 0 saturated carbocycles. The summed E-state index contributed by atoms with van der Waals surface area (Å²) in [7, 11) is 0. The van der Waals surface area contributed by atoms with E-state index in [1.54, 1.807) is 18.3 Å². The van der Waals surface area contributed by atoms with Crippen LogP contribution in [-0.4, -0.2) is 15.9 Å². The number of halogens is 3. The van der Waals surface area contributed by atoms with Crippen LogP contribution in [0.2, 0.25) is 0 Å². The lowest BCUT2D eigenvalue weighted by Crippen LogP contribution is -2.13. The van der Waals surface area contributed by atoms with Gasteiger partial charge in [-0.2, -0.15) is 13.2 Å². The molecule has 1 amide bonds. The van der Waals surface area contributed by atoms with E-state index < -0.39 is 11.7 Å². The fourth-order valence-electron chi connectivity index (χ4n) is 3.06. The fourth-order valence-corrected chi connectivity index (χ4v) is 3.06. The number of anilines is 2. The molecule has 1 aromatic heterocycles. The van der Waals surface area contributed by atoms with Crippen molar-refractivity contribution in [2.75, 3.05) is 10.6 Å². The number of hydrogen-bond donors (Lipinski definition) is 2. The second-order valence-electron chi connectivity index (χ2n) is 6.39. The molecule has 0 unspecified atom stereocenters. The fraction of sp³-hybridized carbons (Fsp3) is 0.150. The maximum atomic E-state index is 12.9. The molecule has 1 aliphatic rings. The van der Waals surface area contributed by atoms with Crippen LogP contribution in [-0.2, 0) is 23.9 Å². The normalized spacial score (nSPS) is 13.2. The van der Waals surface area contributed by atoms with Gasteiger partial charge in [-0.1, -0.05) is 30.3 Å². The average Bonchev–Trinajstić information content (AvgIpc) is 2.81. The number of hydrogen-bond acceptors (Lipinski definition) is 4. The predicted molar refractivity (Wildman–Crippen MR) is 98.6 cm³/mol. The first-order valence-electron chi connectivity index (χ1n) is 8.55. The van der Waals surface area contributed by atoms with Gasteiger partial charge in [-0.15, -0.1) is 0 Å². The monoisotopic (exact) mass is 384 g/mol. The Bertz CT molecular complexity index is 1050. The summed E-state index contributed by atoms with van der Waals surface area (Å²) in [6.07, 6.45) is -2.67. The van der Waals surface area contributed by atoms with E-state index in [9.17, 15) is 18.0 Å². The maximum absolute atomic E-state index is 12.9. The van der Waals surface area contributed by atoms with Gasteiger partial charge in [0.25, 0.3) is 0 Å². The number of carbonyl (C=O) groups is 1. The number of fused-ring (bicyclic) bond motifs is 3. The Balaban J connectivity index is 1.61. The third-order valence-corrected chi connectivity index (χ3v) is 4.38. The molecule has 4 rings (SSSR count). The zero-order valence-electron chi connectivity index (χ0n) is 14.5. The van der Waals surface area contributed by atoms with Crippen molar-refractivity contribution in [1.82, 2.24) is 9.97 Å². The number of rotatable bonds is 3. The van der Waals surface area contributed by atoms with Crippen molar-refractivity contribution in [3.63, 3.8) is 0 Å². The van der Waals surface area contributed by atoms with Gasteiger partial charge >= 0.3 is 6.18 Å². The van der Waals surface area contributed by atoms with E-state index in [4.69, 9.17) is 0 Å². The first kappa shape index (κ1) is 18.0. The van der Waals surface area contributed by atoms with Crippen molar-refractivity contribution in [3.8, 4) is 11.3 Å². The smallest absolute Gasteiger partial charge is 0.350 e. The van der Waals surface area contributed by atoms with Crippen LogP contribution in [0.5, 0.6) is 0 Å². The summed E-state index contributed by atoms with van der Waals surface area (Å²) in [5.41, 5.74) is 2.50. The molecule has 8 heteroatoms. The average molecular weight is 384 g/mol. The molecule has 5 nitrogen and oxygen atoms in total. The van der Waals surface area contributed by atoms with Crippen molar-refractivity contribution in [2.24, 2.45) is 0 Å². The summed E-state index contributed by atoms with van der Waals surface area (Å²) in [6, 6.07) is 12.4. The molecule has 142 valence electrons. The second kappa shape index (κ2) is 6.95. The lowest BCUT2D eigenvalue weighted by atomic mass is 10.1. The predicted octanol–water partition coefficient (Wildman–Crippen LogP) is 4.27. The van der Waals surface area contributed by atoms with Crippen molar-refractivity contribution in [1.29, 1.82) is 0 Å². The minimum atomic E-state index is -4.39. The van der Waals surface area contributed by atoms with E-state index in [2.05, 4.69) is 20.6 Å². The molecule has 0 spiro atoms. The molecule has 28 heavy (non-hydrogen) atoms. The van der Waals surface area contributed by atoms with Gasteiger partial charge < -0.3 is 10.6 Å². The number of carbonyl (C=O) groups excluding carboxylic acids is 1. The highest BCUT2D eigenvalue weighted by Crippen LogP contribution is 2.33. The molecule has 0 atom stereocenters. The van der Waals surface area contributed by atoms with Gasteiger partial charge in [-0.25, -0.2) is 9.97 Å². The van der Waals surface area contributed by atoms with E-state index >= 15 is 0 Å². The van der Waals surface area contributed by atoms with Gasteiger partial charge in [-0.3, -0.25) is 4.79 Å². The Kier molecular flexibility index (Phi) is 4.46. The largest absolute Gasteiger partial charge is 0.416 e. The van der Waals surface area contributed by atoms with E-state index in [0.717, 1.165) is 17.7 Å². The number of nitrogens with one attached hydrogen (secondary N) is 2. The Labute approximate surface area is 158 Å². The van der Waals surface area contributed by atoms with E-state index in [1.807, 2.05) is 18.2 Å². The van der Waals surface area contributed by atoms with E-state index in [1.165, 1.54) is 6.07 Å². The molecule has 0 bridgehead atoms. The van der Waals surface area contributed by atoms with Gasteiger partial charge in [-0.05, 0) is 23.8 Å². The number of aromatic nitrogens is 2. The summed E-state index contributed by atoms with van der Waals surface area (Å²) in [5, 5.41) is 5.79. The van der Waals surface area contributed by atoms with E-state index in [0.29, 0.717) is 22.5 Å². The molecule has 2 heterocycles. The minimum Gasteiger partial charge on any atom is -0.350 e. The Hall–Kier alpha value is -3.42. The van der Waals surface area contributed by atoms with Crippen LogP contribution in [0.1, 0.15) is 16.7 Å². The minimum absolute atomic E-state index is 0.140. The summed E-state index contributed by atoms with van der Waals surface area (Å²) >= 11 is 0. The number of amides is 1. The highest BCUT2D eigenvalue weighted by Gasteiger charge is 2.30. The van der Waals surface area contributed by atoms with E-state index in [-0.39, 0.29) is 24.8 Å². The van der Waals surface area contributed by atoms with Crippen molar-refractivity contribution in [2.45, 2.75) is 19.1 Å². The number of para-hydroxylation sites is 1. The molecule has 0 saturated heterocycles. The van der Waals surface area contributed by atoms with Crippen molar-refractivity contribution in [3.05, 3.63) is 71.4 Å². The molecule has 0 radical (unpaired) electrons. The van der Waals surface area contributed by atoms with Crippen molar-refractivity contribution >= 4 is 17.5 Å². The molecular formula is C20H15F3N4O. The molecule has 0 aliphatic carbocycles.